The first kappa shape index (κ1) is 23.3. The van der Waals surface area contributed by atoms with Crippen LogP contribution in [0.4, 0.5) is 16.5 Å². The Labute approximate surface area is 187 Å². The average Bonchev–Trinajstić information content (AvgIpc) is 3.19. The number of hydrogen-bond donors (Lipinski definition) is 2. The van der Waals surface area contributed by atoms with Crippen LogP contribution >= 0.6 is 11.6 Å². The Morgan fingerprint density at radius 2 is 2.00 bits per heavy atom. The van der Waals surface area contributed by atoms with Crippen molar-refractivity contribution in [3.8, 4) is 0 Å². The molecule has 1 amide bonds. The number of amides is 1. The van der Waals surface area contributed by atoms with Crippen LogP contribution < -0.4 is 11.1 Å². The Kier molecular flexibility index (Phi) is 7.74. The van der Waals surface area contributed by atoms with Crippen molar-refractivity contribution in [2.75, 3.05) is 31.5 Å². The van der Waals surface area contributed by atoms with E-state index < -0.39 is 0 Å². The molecule has 1 fully saturated rings. The van der Waals surface area contributed by atoms with Crippen molar-refractivity contribution in [1.29, 1.82) is 0 Å². The van der Waals surface area contributed by atoms with E-state index in [1.54, 1.807) is 4.90 Å². The highest BCUT2D eigenvalue weighted by atomic mass is 35.5. The molecule has 0 bridgehead atoms. The molecule has 3 N–H and O–H groups in total. The van der Waals surface area contributed by atoms with E-state index in [0.717, 1.165) is 36.4 Å². The number of piperazine rings is 1. The van der Waals surface area contributed by atoms with Crippen LogP contribution in [0.5, 0.6) is 0 Å². The summed E-state index contributed by atoms with van der Waals surface area (Å²) >= 11 is 6.38. The second-order valence-electron chi connectivity index (χ2n) is 8.02. The summed E-state index contributed by atoms with van der Waals surface area (Å²) in [6.07, 6.45) is 0.352. The van der Waals surface area contributed by atoms with Crippen LogP contribution in [0.1, 0.15) is 50.3 Å². The predicted octanol–water partition coefficient (Wildman–Crippen LogP) is 3.85. The number of nitrogens with zero attached hydrogens (tertiary/aromatic N) is 4. The first-order valence-electron chi connectivity index (χ1n) is 10.6. The predicted molar refractivity (Wildman–Crippen MR) is 119 cm³/mol. The molecule has 1 aliphatic heterocycles. The largest absolute Gasteiger partial charge is 0.447 e. The molecule has 3 rings (SSSR count). The lowest BCUT2D eigenvalue weighted by Gasteiger charge is -2.34. The minimum absolute atomic E-state index is 0.113. The van der Waals surface area contributed by atoms with Crippen LogP contribution in [0.2, 0.25) is 5.02 Å². The standard InChI is InChI=1S/C21H31ClN6O3/c1-5-17(23)19-25-26-20(31-19)24-18-11-16(22)10-15(14(18)4)12-27-6-8-28(9-7-27)21(29)30-13(2)3/h10-11,13,17H,5-9,12,23H2,1-4H3,(H,24,26). The summed E-state index contributed by atoms with van der Waals surface area (Å²) in [5.41, 5.74) is 8.90. The lowest BCUT2D eigenvalue weighted by atomic mass is 10.1. The highest BCUT2D eigenvalue weighted by Crippen LogP contribution is 2.29. The Bertz CT molecular complexity index is 895. The number of nitrogens with two attached hydrogens (primary N) is 1. The molecule has 1 unspecified atom stereocenters. The average molecular weight is 451 g/mol. The van der Waals surface area contributed by atoms with Crippen LogP contribution in [0.25, 0.3) is 0 Å². The molecule has 1 aromatic heterocycles. The second kappa shape index (κ2) is 10.3. The molecule has 2 heterocycles. The third-order valence-electron chi connectivity index (χ3n) is 5.28. The fraction of sp³-hybridized carbons (Fsp3) is 0.571. The number of nitrogens with one attached hydrogen (secondary N) is 1. The summed E-state index contributed by atoms with van der Waals surface area (Å²) in [5.74, 6) is 0.402. The van der Waals surface area contributed by atoms with Crippen LogP contribution in [0.3, 0.4) is 0 Å². The number of hydrogen-bond acceptors (Lipinski definition) is 8. The Hall–Kier alpha value is -2.36. The zero-order chi connectivity index (χ0) is 22.5. The van der Waals surface area contributed by atoms with Gasteiger partial charge in [0.2, 0.25) is 5.89 Å². The number of aromatic nitrogens is 2. The molecule has 2 aromatic rings. The fourth-order valence-electron chi connectivity index (χ4n) is 3.36. The van der Waals surface area contributed by atoms with Crippen LogP contribution in [0.15, 0.2) is 16.5 Å². The topological polar surface area (TPSA) is 110 Å². The van der Waals surface area contributed by atoms with E-state index >= 15 is 0 Å². The number of halogens is 1. The molecule has 9 nitrogen and oxygen atoms in total. The molecule has 31 heavy (non-hydrogen) atoms. The molecule has 1 saturated heterocycles. The number of ether oxygens (including phenoxy) is 1. The summed E-state index contributed by atoms with van der Waals surface area (Å²) in [6, 6.07) is 3.81. The maximum absolute atomic E-state index is 12.1. The third-order valence-corrected chi connectivity index (χ3v) is 5.50. The number of anilines is 2. The lowest BCUT2D eigenvalue weighted by molar-refractivity contribution is 0.0559. The van der Waals surface area contributed by atoms with E-state index in [4.69, 9.17) is 26.5 Å². The Balaban J connectivity index is 1.65. The van der Waals surface area contributed by atoms with Crippen molar-refractivity contribution in [3.63, 3.8) is 0 Å². The monoisotopic (exact) mass is 450 g/mol. The number of carbonyl (C=O) groups is 1. The third kappa shape index (κ3) is 6.09. The van der Waals surface area contributed by atoms with Gasteiger partial charge < -0.3 is 25.1 Å². The summed E-state index contributed by atoms with van der Waals surface area (Å²) in [5, 5.41) is 11.8. The summed E-state index contributed by atoms with van der Waals surface area (Å²) in [6.45, 7) is 11.2. The van der Waals surface area contributed by atoms with E-state index in [0.29, 0.717) is 30.4 Å². The number of carbonyl (C=O) groups excluding carboxylic acids is 1. The lowest BCUT2D eigenvalue weighted by Crippen LogP contribution is -2.48. The van der Waals surface area contributed by atoms with Crippen molar-refractivity contribution < 1.29 is 13.9 Å². The van der Waals surface area contributed by atoms with Gasteiger partial charge in [0, 0.05) is 43.4 Å². The van der Waals surface area contributed by atoms with Gasteiger partial charge in [0.25, 0.3) is 0 Å². The van der Waals surface area contributed by atoms with Gasteiger partial charge in [-0.2, -0.15) is 0 Å². The second-order valence-corrected chi connectivity index (χ2v) is 8.45. The number of benzene rings is 1. The van der Waals surface area contributed by atoms with Gasteiger partial charge in [-0.05, 0) is 50.5 Å². The van der Waals surface area contributed by atoms with E-state index in [-0.39, 0.29) is 24.3 Å². The minimum Gasteiger partial charge on any atom is -0.447 e. The minimum atomic E-state index is -0.282. The zero-order valence-corrected chi connectivity index (χ0v) is 19.3. The van der Waals surface area contributed by atoms with Gasteiger partial charge >= 0.3 is 12.1 Å². The number of rotatable bonds is 7. The molecule has 1 atom stereocenters. The van der Waals surface area contributed by atoms with Crippen LogP contribution in [-0.4, -0.2) is 58.4 Å². The van der Waals surface area contributed by atoms with Gasteiger partial charge in [-0.25, -0.2) is 4.79 Å². The van der Waals surface area contributed by atoms with Crippen molar-refractivity contribution in [2.45, 2.75) is 52.8 Å². The van der Waals surface area contributed by atoms with E-state index in [9.17, 15) is 4.79 Å². The quantitative estimate of drug-likeness (QED) is 0.654. The maximum atomic E-state index is 12.1. The summed E-state index contributed by atoms with van der Waals surface area (Å²) in [4.78, 5) is 16.1. The Morgan fingerprint density at radius 1 is 1.29 bits per heavy atom. The van der Waals surface area contributed by atoms with Gasteiger partial charge in [0.05, 0.1) is 12.1 Å². The van der Waals surface area contributed by atoms with Gasteiger partial charge in [-0.3, -0.25) is 4.90 Å². The summed E-state index contributed by atoms with van der Waals surface area (Å²) in [7, 11) is 0. The molecule has 0 saturated carbocycles. The Morgan fingerprint density at radius 3 is 2.65 bits per heavy atom. The zero-order valence-electron chi connectivity index (χ0n) is 18.5. The van der Waals surface area contributed by atoms with Crippen molar-refractivity contribution in [2.24, 2.45) is 5.73 Å². The molecular weight excluding hydrogens is 420 g/mol. The van der Waals surface area contributed by atoms with Gasteiger partial charge in [0.1, 0.15) is 0 Å². The molecule has 1 aromatic carbocycles. The van der Waals surface area contributed by atoms with Crippen molar-refractivity contribution >= 4 is 29.4 Å². The fourth-order valence-corrected chi connectivity index (χ4v) is 3.60. The van der Waals surface area contributed by atoms with Gasteiger partial charge in [0.15, 0.2) is 0 Å². The van der Waals surface area contributed by atoms with E-state index in [2.05, 4.69) is 20.4 Å². The molecule has 170 valence electrons. The van der Waals surface area contributed by atoms with Crippen LogP contribution in [0, 0.1) is 6.92 Å². The molecule has 10 heteroatoms. The van der Waals surface area contributed by atoms with Crippen molar-refractivity contribution in [3.05, 3.63) is 34.2 Å². The first-order valence-corrected chi connectivity index (χ1v) is 11.0. The smallest absolute Gasteiger partial charge is 0.410 e. The first-order chi connectivity index (χ1) is 14.8. The molecule has 1 aliphatic rings. The summed E-state index contributed by atoms with van der Waals surface area (Å²) < 4.78 is 10.9. The normalized spacial score (nSPS) is 15.9. The van der Waals surface area contributed by atoms with Gasteiger partial charge in [-0.15, -0.1) is 5.10 Å². The van der Waals surface area contributed by atoms with Crippen molar-refractivity contribution in [1.82, 2.24) is 20.0 Å². The SMILES string of the molecule is CCC(N)c1nnc(Nc2cc(Cl)cc(CN3CCN(C(=O)OC(C)C)CC3)c2C)o1. The van der Waals surface area contributed by atoms with Gasteiger partial charge in [-0.1, -0.05) is 23.6 Å². The van der Waals surface area contributed by atoms with E-state index in [1.165, 1.54) is 0 Å². The molecule has 0 spiro atoms. The highest BCUT2D eigenvalue weighted by molar-refractivity contribution is 6.31. The maximum Gasteiger partial charge on any atom is 0.410 e. The van der Waals surface area contributed by atoms with E-state index in [1.807, 2.05) is 39.8 Å². The van der Waals surface area contributed by atoms with Crippen LogP contribution in [-0.2, 0) is 11.3 Å². The molecule has 0 radical (unpaired) electrons. The molecular formula is C21H31ClN6O3. The molecule has 0 aliphatic carbocycles. The highest BCUT2D eigenvalue weighted by Gasteiger charge is 2.23.